The second kappa shape index (κ2) is 2.34. The summed E-state index contributed by atoms with van der Waals surface area (Å²) in [7, 11) is 0. The fraction of sp³-hybridized carbons (Fsp3) is 0.250. The van der Waals surface area contributed by atoms with E-state index in [0.717, 1.165) is 0 Å². The number of allylic oxidation sites excluding steroid dienone is 1. The molecule has 0 aromatic carbocycles. The van der Waals surface area contributed by atoms with Gasteiger partial charge in [0.05, 0.1) is 0 Å². The van der Waals surface area contributed by atoms with E-state index in [1.165, 1.54) is 0 Å². The molecule has 1 unspecified atom stereocenters. The van der Waals surface area contributed by atoms with Crippen LogP contribution in [0, 0.1) is 0 Å². The Morgan fingerprint density at radius 3 is 2.75 bits per heavy atom. The molecule has 0 spiro atoms. The van der Waals surface area contributed by atoms with Gasteiger partial charge >= 0.3 is 0 Å². The normalized spacial score (nSPS) is 34.8. The third-order valence-electron chi connectivity index (χ3n) is 0.676. The minimum Gasteiger partial charge on any atom is -0.350 e. The summed E-state index contributed by atoms with van der Waals surface area (Å²) < 4.78 is -0.306. The van der Waals surface area contributed by atoms with Gasteiger partial charge in [0.1, 0.15) is 0 Å². The Balaban J connectivity index is 2.65. The number of halogens is 2. The first-order valence-electron chi connectivity index (χ1n) is 2.07. The lowest BCUT2D eigenvalue weighted by atomic mass is 10.6. The number of nitrogens with one attached hydrogen (secondary N) is 1. The third-order valence-corrected chi connectivity index (χ3v) is 1.70. The molecule has 1 atom stereocenters. The van der Waals surface area contributed by atoms with Gasteiger partial charge in [-0.2, -0.15) is 0 Å². The fourth-order valence-corrected chi connectivity index (χ4v) is 0.956. The lowest BCUT2D eigenvalue weighted by molar-refractivity contribution is 0.805. The van der Waals surface area contributed by atoms with Crippen molar-refractivity contribution in [2.24, 2.45) is 4.99 Å². The van der Waals surface area contributed by atoms with Crippen molar-refractivity contribution in [2.75, 3.05) is 0 Å². The van der Waals surface area contributed by atoms with Gasteiger partial charge in [0.2, 0.25) is 2.58 Å². The number of rotatable bonds is 0. The predicted molar refractivity (Wildman–Crippen MR) is 46.4 cm³/mol. The summed E-state index contributed by atoms with van der Waals surface area (Å²) in [4.78, 5) is 4.04. The highest BCUT2D eigenvalue weighted by Gasteiger charge is 2.17. The average molecular weight is 287 g/mol. The first-order chi connectivity index (χ1) is 3.71. The Bertz CT molecular complexity index is 141. The zero-order valence-electron chi connectivity index (χ0n) is 3.94. The van der Waals surface area contributed by atoms with Crippen LogP contribution in [0.15, 0.2) is 17.3 Å². The van der Waals surface area contributed by atoms with Crippen LogP contribution >= 0.6 is 38.5 Å². The highest BCUT2D eigenvalue weighted by atomic mass is 127. The predicted octanol–water partition coefficient (Wildman–Crippen LogP) is 1.62. The second-order valence-corrected chi connectivity index (χ2v) is 5.51. The largest absolute Gasteiger partial charge is 0.350 e. The van der Waals surface area contributed by atoms with Gasteiger partial charge in [-0.1, -0.05) is 0 Å². The highest BCUT2D eigenvalue weighted by Crippen LogP contribution is 2.25. The van der Waals surface area contributed by atoms with E-state index in [1.807, 2.05) is 12.3 Å². The Hall–Kier alpha value is 0.420. The first kappa shape index (κ1) is 6.54. The van der Waals surface area contributed by atoms with Crippen molar-refractivity contribution in [3.05, 3.63) is 12.3 Å². The Labute approximate surface area is 69.7 Å². The van der Waals surface area contributed by atoms with E-state index in [4.69, 9.17) is 0 Å². The van der Waals surface area contributed by atoms with E-state index in [9.17, 15) is 0 Å². The van der Waals surface area contributed by atoms with E-state index in [-0.39, 0.29) is 2.58 Å². The van der Waals surface area contributed by atoms with Crippen LogP contribution in [0.5, 0.6) is 0 Å². The molecule has 0 aliphatic carbocycles. The van der Waals surface area contributed by atoms with Crippen LogP contribution < -0.4 is 5.32 Å². The minimum absolute atomic E-state index is 0.306. The van der Waals surface area contributed by atoms with Crippen LogP contribution in [-0.4, -0.2) is 8.79 Å². The molecule has 0 aromatic heterocycles. The van der Waals surface area contributed by atoms with Crippen LogP contribution in [-0.2, 0) is 0 Å². The molecular weight excluding hydrogens is 283 g/mol. The van der Waals surface area contributed by atoms with E-state index in [0.29, 0.717) is 0 Å². The lowest BCUT2D eigenvalue weighted by Crippen LogP contribution is -2.27. The van der Waals surface area contributed by atoms with Crippen molar-refractivity contribution in [3.8, 4) is 0 Å². The van der Waals surface area contributed by atoms with Gasteiger partial charge in [0.15, 0.2) is 0 Å². The van der Waals surface area contributed by atoms with Gasteiger partial charge in [-0.3, -0.25) is 0 Å². The Morgan fingerprint density at radius 1 is 1.75 bits per heavy atom. The third kappa shape index (κ3) is 1.74. The van der Waals surface area contributed by atoms with E-state index in [1.54, 1.807) is 6.21 Å². The van der Waals surface area contributed by atoms with Crippen LogP contribution in [0.1, 0.15) is 0 Å². The van der Waals surface area contributed by atoms with Crippen molar-refractivity contribution < 1.29 is 0 Å². The molecule has 8 heavy (non-hydrogen) atoms. The Morgan fingerprint density at radius 2 is 2.50 bits per heavy atom. The molecule has 1 aliphatic rings. The summed E-state index contributed by atoms with van der Waals surface area (Å²) in [5.41, 5.74) is 0. The minimum atomic E-state index is -0.306. The summed E-state index contributed by atoms with van der Waals surface area (Å²) in [5.74, 6) is 0. The zero-order valence-corrected chi connectivity index (χ0v) is 7.68. The number of nitrogens with zero attached hydrogens (tertiary/aromatic N) is 1. The van der Waals surface area contributed by atoms with E-state index >= 15 is 0 Å². The maximum atomic E-state index is 4.04. The molecular formula is C4H4BrIN2. The van der Waals surface area contributed by atoms with Crippen molar-refractivity contribution in [1.29, 1.82) is 0 Å². The summed E-state index contributed by atoms with van der Waals surface area (Å²) in [6.45, 7) is 0. The molecule has 0 radical (unpaired) electrons. The van der Waals surface area contributed by atoms with Crippen molar-refractivity contribution >= 4 is 44.7 Å². The van der Waals surface area contributed by atoms with Gasteiger partial charge in [-0.05, 0) is 44.6 Å². The maximum absolute atomic E-state index is 4.04. The molecule has 0 saturated heterocycles. The van der Waals surface area contributed by atoms with Crippen molar-refractivity contribution in [2.45, 2.75) is 2.58 Å². The molecule has 44 valence electrons. The molecule has 1 rings (SSSR count). The van der Waals surface area contributed by atoms with Crippen LogP contribution in [0.4, 0.5) is 0 Å². The maximum Gasteiger partial charge on any atom is 0.237 e. The molecule has 2 nitrogen and oxygen atoms in total. The van der Waals surface area contributed by atoms with Crippen LogP contribution in [0.3, 0.4) is 0 Å². The molecule has 1 aliphatic heterocycles. The number of alkyl halides is 2. The van der Waals surface area contributed by atoms with Gasteiger partial charge in [-0.25, -0.2) is 4.99 Å². The second-order valence-electron chi connectivity index (χ2n) is 1.32. The quantitative estimate of drug-likeness (QED) is 0.408. The van der Waals surface area contributed by atoms with E-state index in [2.05, 4.69) is 48.8 Å². The monoisotopic (exact) mass is 286 g/mol. The van der Waals surface area contributed by atoms with Crippen molar-refractivity contribution in [1.82, 2.24) is 5.32 Å². The van der Waals surface area contributed by atoms with Crippen LogP contribution in [0.2, 0.25) is 0 Å². The summed E-state index contributed by atoms with van der Waals surface area (Å²) in [6, 6.07) is 0. The van der Waals surface area contributed by atoms with Gasteiger partial charge in [0.25, 0.3) is 0 Å². The summed E-state index contributed by atoms with van der Waals surface area (Å²) >= 11 is 5.47. The molecule has 0 saturated carbocycles. The number of hydrogen-bond acceptors (Lipinski definition) is 2. The van der Waals surface area contributed by atoms with Gasteiger partial charge < -0.3 is 5.32 Å². The van der Waals surface area contributed by atoms with Gasteiger partial charge in [-0.15, -0.1) is 0 Å². The molecule has 0 fully saturated rings. The molecule has 1 heterocycles. The lowest BCUT2D eigenvalue weighted by Gasteiger charge is -2.16. The average Bonchev–Trinajstić information content (AvgIpc) is 1.65. The van der Waals surface area contributed by atoms with Crippen molar-refractivity contribution in [3.63, 3.8) is 0 Å². The topological polar surface area (TPSA) is 24.4 Å². The molecule has 4 heteroatoms. The fourth-order valence-electron chi connectivity index (χ4n) is 0.365. The van der Waals surface area contributed by atoms with Gasteiger partial charge in [0, 0.05) is 12.4 Å². The van der Waals surface area contributed by atoms with E-state index < -0.39 is 0 Å². The van der Waals surface area contributed by atoms with Crippen LogP contribution in [0.25, 0.3) is 0 Å². The standard InChI is InChI=1S/C4H4BrIN2/c5-4(6)7-2-1-3-8-4/h1-3,7H. The molecule has 0 aromatic rings. The molecule has 1 N–H and O–H groups in total. The SMILES string of the molecule is BrC1(I)N=CC=CN1. The number of aliphatic imine (C=N–C) groups is 1. The molecule has 0 bridgehead atoms. The first-order valence-corrected chi connectivity index (χ1v) is 3.94. The smallest absolute Gasteiger partial charge is 0.237 e. The number of hydrogen-bond donors (Lipinski definition) is 1. The Kier molecular flexibility index (Phi) is 1.92. The highest BCUT2D eigenvalue weighted by molar-refractivity contribution is 14.1. The zero-order chi connectivity index (χ0) is 6.04. The summed E-state index contributed by atoms with van der Waals surface area (Å²) in [5, 5.41) is 2.98. The molecule has 0 amide bonds. The summed E-state index contributed by atoms with van der Waals surface area (Å²) in [6.07, 6.45) is 5.43.